The smallest absolute Gasteiger partial charge is 0.252 e. The predicted octanol–water partition coefficient (Wildman–Crippen LogP) is 4.10. The molecule has 0 bridgehead atoms. The Morgan fingerprint density at radius 3 is 2.63 bits per heavy atom. The van der Waals surface area contributed by atoms with Gasteiger partial charge >= 0.3 is 0 Å². The van der Waals surface area contributed by atoms with E-state index in [1.54, 1.807) is 25.3 Å². The van der Waals surface area contributed by atoms with E-state index in [1.807, 2.05) is 31.2 Å². The number of nitrogens with one attached hydrogen (secondary N) is 2. The molecule has 0 fully saturated rings. The van der Waals surface area contributed by atoms with Crippen LogP contribution in [0.25, 0.3) is 11.0 Å². The molecular weight excluding hydrogens is 342 g/mol. The molecule has 1 unspecified atom stereocenters. The van der Waals surface area contributed by atoms with Crippen molar-refractivity contribution in [1.82, 2.24) is 15.3 Å². The molecule has 6 heteroatoms. The van der Waals surface area contributed by atoms with Gasteiger partial charge in [-0.15, -0.1) is 0 Å². The maximum atomic E-state index is 12.9. The largest absolute Gasteiger partial charge is 0.493 e. The first kappa shape index (κ1) is 18.8. The van der Waals surface area contributed by atoms with Crippen molar-refractivity contribution in [2.45, 2.75) is 26.8 Å². The summed E-state index contributed by atoms with van der Waals surface area (Å²) in [5.41, 5.74) is 2.35. The zero-order chi connectivity index (χ0) is 19.4. The number of hydrogen-bond acceptors (Lipinski definition) is 4. The molecule has 1 atom stereocenters. The topological polar surface area (TPSA) is 76.2 Å². The summed E-state index contributed by atoms with van der Waals surface area (Å²) in [4.78, 5) is 20.8. The van der Waals surface area contributed by atoms with Crippen LogP contribution in [0.15, 0.2) is 42.5 Å². The molecule has 3 rings (SSSR count). The Balaban J connectivity index is 1.86. The molecule has 0 aliphatic rings. The number of amides is 1. The number of benzene rings is 2. The van der Waals surface area contributed by atoms with E-state index in [4.69, 9.17) is 9.47 Å². The summed E-state index contributed by atoms with van der Waals surface area (Å²) in [6.07, 6.45) is 0. The zero-order valence-electron chi connectivity index (χ0n) is 16.1. The summed E-state index contributed by atoms with van der Waals surface area (Å²) in [5, 5.41) is 3.09. The van der Waals surface area contributed by atoms with Crippen molar-refractivity contribution in [3.8, 4) is 11.5 Å². The molecule has 142 valence electrons. The van der Waals surface area contributed by atoms with E-state index >= 15 is 0 Å². The fourth-order valence-corrected chi connectivity index (χ4v) is 2.98. The third kappa shape index (κ3) is 4.05. The molecule has 0 saturated carbocycles. The van der Waals surface area contributed by atoms with Crippen molar-refractivity contribution < 1.29 is 14.3 Å². The maximum absolute atomic E-state index is 12.9. The number of methoxy groups -OCH3 is 1. The Bertz CT molecular complexity index is 900. The van der Waals surface area contributed by atoms with Crippen molar-refractivity contribution in [3.05, 3.63) is 53.9 Å². The van der Waals surface area contributed by atoms with E-state index in [0.29, 0.717) is 23.7 Å². The third-order valence-electron chi connectivity index (χ3n) is 4.38. The number of imidazole rings is 1. The Hall–Kier alpha value is -3.02. The highest BCUT2D eigenvalue weighted by Gasteiger charge is 2.23. The maximum Gasteiger partial charge on any atom is 0.252 e. The predicted molar refractivity (Wildman–Crippen MR) is 105 cm³/mol. The second-order valence-corrected chi connectivity index (χ2v) is 6.63. The van der Waals surface area contributed by atoms with Gasteiger partial charge in [-0.05, 0) is 43.2 Å². The standard InChI is InChI=1S/C21H25N3O3/c1-5-27-18-12-14(10-11-17(18)26-4)21(25)24-19(13(2)3)20-22-15-8-6-7-9-16(15)23-20/h6-13,19H,5H2,1-4H3,(H,22,23)(H,24,25). The minimum atomic E-state index is -0.234. The van der Waals surface area contributed by atoms with Gasteiger partial charge in [0.1, 0.15) is 5.82 Å². The normalized spacial score (nSPS) is 12.2. The Morgan fingerprint density at radius 2 is 1.96 bits per heavy atom. The molecule has 27 heavy (non-hydrogen) atoms. The molecule has 3 aromatic rings. The van der Waals surface area contributed by atoms with Crippen LogP contribution in [0.3, 0.4) is 0 Å². The fraction of sp³-hybridized carbons (Fsp3) is 0.333. The molecule has 1 aromatic heterocycles. The van der Waals surface area contributed by atoms with E-state index in [9.17, 15) is 4.79 Å². The number of carbonyl (C=O) groups excluding carboxylic acids is 1. The number of ether oxygens (including phenoxy) is 2. The van der Waals surface area contributed by atoms with Crippen LogP contribution in [0, 0.1) is 5.92 Å². The van der Waals surface area contributed by atoms with Crippen LogP contribution in [-0.2, 0) is 0 Å². The van der Waals surface area contributed by atoms with E-state index < -0.39 is 0 Å². The lowest BCUT2D eigenvalue weighted by atomic mass is 10.0. The van der Waals surface area contributed by atoms with Gasteiger partial charge in [-0.25, -0.2) is 4.98 Å². The average molecular weight is 367 g/mol. The first-order valence-electron chi connectivity index (χ1n) is 9.09. The second kappa shape index (κ2) is 8.12. The van der Waals surface area contributed by atoms with Gasteiger partial charge in [0.25, 0.3) is 5.91 Å². The number of aromatic amines is 1. The number of para-hydroxylation sites is 2. The number of nitrogens with zero attached hydrogens (tertiary/aromatic N) is 1. The van der Waals surface area contributed by atoms with Crippen LogP contribution in [0.1, 0.15) is 43.0 Å². The number of aromatic nitrogens is 2. The number of hydrogen-bond donors (Lipinski definition) is 2. The van der Waals surface area contributed by atoms with E-state index in [-0.39, 0.29) is 17.9 Å². The minimum absolute atomic E-state index is 0.166. The monoisotopic (exact) mass is 367 g/mol. The molecule has 2 N–H and O–H groups in total. The van der Waals surface area contributed by atoms with E-state index in [1.165, 1.54) is 0 Å². The van der Waals surface area contributed by atoms with E-state index in [2.05, 4.69) is 29.1 Å². The molecule has 0 aliphatic heterocycles. The molecule has 2 aromatic carbocycles. The van der Waals surface area contributed by atoms with Gasteiger partial charge in [-0.3, -0.25) is 4.79 Å². The van der Waals surface area contributed by atoms with Gasteiger partial charge in [-0.1, -0.05) is 26.0 Å². The molecule has 0 radical (unpaired) electrons. The first-order chi connectivity index (χ1) is 13.0. The van der Waals surface area contributed by atoms with Gasteiger partial charge in [0, 0.05) is 5.56 Å². The van der Waals surface area contributed by atoms with Gasteiger partial charge in [0.05, 0.1) is 30.8 Å². The molecule has 1 amide bonds. The first-order valence-corrected chi connectivity index (χ1v) is 9.09. The average Bonchev–Trinajstić information content (AvgIpc) is 3.09. The summed E-state index contributed by atoms with van der Waals surface area (Å²) in [6.45, 7) is 6.49. The van der Waals surface area contributed by atoms with Gasteiger partial charge in [0.15, 0.2) is 11.5 Å². The summed E-state index contributed by atoms with van der Waals surface area (Å²) in [7, 11) is 1.58. The quantitative estimate of drug-likeness (QED) is 0.659. The van der Waals surface area contributed by atoms with E-state index in [0.717, 1.165) is 16.9 Å². The third-order valence-corrected chi connectivity index (χ3v) is 4.38. The van der Waals surface area contributed by atoms with Crippen molar-refractivity contribution in [2.24, 2.45) is 5.92 Å². The van der Waals surface area contributed by atoms with Gasteiger partial charge in [0.2, 0.25) is 0 Å². The molecule has 1 heterocycles. The lowest BCUT2D eigenvalue weighted by molar-refractivity contribution is 0.0923. The minimum Gasteiger partial charge on any atom is -0.493 e. The van der Waals surface area contributed by atoms with Crippen molar-refractivity contribution in [2.75, 3.05) is 13.7 Å². The molecular formula is C21H25N3O3. The second-order valence-electron chi connectivity index (χ2n) is 6.63. The molecule has 0 spiro atoms. The number of H-pyrrole nitrogens is 1. The highest BCUT2D eigenvalue weighted by molar-refractivity contribution is 5.95. The van der Waals surface area contributed by atoms with Crippen LogP contribution in [0.4, 0.5) is 0 Å². The van der Waals surface area contributed by atoms with Gasteiger partial charge < -0.3 is 19.8 Å². The molecule has 0 saturated heterocycles. The van der Waals surface area contributed by atoms with Crippen molar-refractivity contribution in [1.29, 1.82) is 0 Å². The molecule has 0 aliphatic carbocycles. The number of fused-ring (bicyclic) bond motifs is 1. The van der Waals surface area contributed by atoms with Crippen LogP contribution >= 0.6 is 0 Å². The summed E-state index contributed by atoms with van der Waals surface area (Å²) in [5.74, 6) is 1.89. The Morgan fingerprint density at radius 1 is 1.19 bits per heavy atom. The Kier molecular flexibility index (Phi) is 5.64. The summed E-state index contributed by atoms with van der Waals surface area (Å²) in [6, 6.07) is 12.8. The van der Waals surface area contributed by atoms with Crippen LogP contribution < -0.4 is 14.8 Å². The van der Waals surface area contributed by atoms with Crippen molar-refractivity contribution in [3.63, 3.8) is 0 Å². The molecule has 6 nitrogen and oxygen atoms in total. The number of rotatable bonds is 7. The number of carbonyl (C=O) groups is 1. The highest BCUT2D eigenvalue weighted by atomic mass is 16.5. The highest BCUT2D eigenvalue weighted by Crippen LogP contribution is 2.29. The lowest BCUT2D eigenvalue weighted by Gasteiger charge is -2.20. The van der Waals surface area contributed by atoms with Crippen LogP contribution in [0.2, 0.25) is 0 Å². The lowest BCUT2D eigenvalue weighted by Crippen LogP contribution is -2.32. The Labute approximate surface area is 158 Å². The van der Waals surface area contributed by atoms with Gasteiger partial charge in [-0.2, -0.15) is 0 Å². The fourth-order valence-electron chi connectivity index (χ4n) is 2.98. The summed E-state index contributed by atoms with van der Waals surface area (Å²) >= 11 is 0. The van der Waals surface area contributed by atoms with Crippen LogP contribution in [0.5, 0.6) is 11.5 Å². The summed E-state index contributed by atoms with van der Waals surface area (Å²) < 4.78 is 10.9. The SMILES string of the molecule is CCOc1cc(C(=O)NC(c2nc3ccccc3[nH]2)C(C)C)ccc1OC. The van der Waals surface area contributed by atoms with Crippen LogP contribution in [-0.4, -0.2) is 29.6 Å². The van der Waals surface area contributed by atoms with Crippen molar-refractivity contribution >= 4 is 16.9 Å². The zero-order valence-corrected chi connectivity index (χ0v) is 16.1.